The molecule has 0 aliphatic rings. The standard InChI is InChI=1S/C21H23ClFNO4/c1-4-15(5-2)24-20(25)16-8-6-13(10-18(16)23)17-11-14(22)7-9-19(17)28-12(3)21(26)27/h6-12,15H,4-5H2,1-3H3,(H,24,25)(H,26,27)/t12-/m0/s1. The number of ether oxygens (including phenoxy) is 1. The van der Waals surface area contributed by atoms with Gasteiger partial charge in [-0.2, -0.15) is 0 Å². The smallest absolute Gasteiger partial charge is 0.344 e. The van der Waals surface area contributed by atoms with Gasteiger partial charge in [0, 0.05) is 16.6 Å². The van der Waals surface area contributed by atoms with Gasteiger partial charge in [-0.1, -0.05) is 31.5 Å². The Labute approximate surface area is 168 Å². The van der Waals surface area contributed by atoms with Crippen molar-refractivity contribution in [2.24, 2.45) is 0 Å². The molecule has 0 fully saturated rings. The molecule has 2 rings (SSSR count). The van der Waals surface area contributed by atoms with Crippen molar-refractivity contribution in [3.63, 3.8) is 0 Å². The fourth-order valence-corrected chi connectivity index (χ4v) is 2.87. The largest absolute Gasteiger partial charge is 0.479 e. The van der Waals surface area contributed by atoms with Crippen molar-refractivity contribution < 1.29 is 23.8 Å². The molecule has 0 radical (unpaired) electrons. The third-order valence-electron chi connectivity index (χ3n) is 4.44. The first kappa shape index (κ1) is 21.7. The number of rotatable bonds is 8. The molecule has 5 nitrogen and oxygen atoms in total. The molecule has 0 spiro atoms. The third kappa shape index (κ3) is 5.23. The molecule has 0 saturated heterocycles. The summed E-state index contributed by atoms with van der Waals surface area (Å²) in [7, 11) is 0. The Balaban J connectivity index is 2.36. The Morgan fingerprint density at radius 3 is 2.43 bits per heavy atom. The fraction of sp³-hybridized carbons (Fsp3) is 0.333. The molecule has 0 aromatic heterocycles. The zero-order valence-corrected chi connectivity index (χ0v) is 16.7. The van der Waals surface area contributed by atoms with Crippen molar-refractivity contribution in [1.29, 1.82) is 0 Å². The lowest BCUT2D eigenvalue weighted by molar-refractivity contribution is -0.144. The molecule has 0 heterocycles. The molecular formula is C21H23ClFNO4. The lowest BCUT2D eigenvalue weighted by Crippen LogP contribution is -2.34. The Bertz CT molecular complexity index is 867. The van der Waals surface area contributed by atoms with Gasteiger partial charge in [-0.15, -0.1) is 0 Å². The Hall–Kier alpha value is -2.60. The topological polar surface area (TPSA) is 75.6 Å². The summed E-state index contributed by atoms with van der Waals surface area (Å²) in [6.45, 7) is 5.30. The van der Waals surface area contributed by atoms with E-state index in [-0.39, 0.29) is 17.4 Å². The van der Waals surface area contributed by atoms with E-state index in [9.17, 15) is 14.0 Å². The Morgan fingerprint density at radius 2 is 1.86 bits per heavy atom. The monoisotopic (exact) mass is 407 g/mol. The highest BCUT2D eigenvalue weighted by Gasteiger charge is 2.19. The quantitative estimate of drug-likeness (QED) is 0.651. The van der Waals surface area contributed by atoms with E-state index in [1.54, 1.807) is 18.2 Å². The summed E-state index contributed by atoms with van der Waals surface area (Å²) >= 11 is 6.05. The highest BCUT2D eigenvalue weighted by Crippen LogP contribution is 2.34. The second kappa shape index (κ2) is 9.55. The summed E-state index contributed by atoms with van der Waals surface area (Å²) < 4.78 is 20.1. The number of aliphatic carboxylic acids is 1. The third-order valence-corrected chi connectivity index (χ3v) is 4.67. The van der Waals surface area contributed by atoms with Gasteiger partial charge in [0.1, 0.15) is 11.6 Å². The molecule has 150 valence electrons. The van der Waals surface area contributed by atoms with E-state index in [1.165, 1.54) is 25.1 Å². The van der Waals surface area contributed by atoms with Gasteiger partial charge in [0.25, 0.3) is 5.91 Å². The molecular weight excluding hydrogens is 385 g/mol. The highest BCUT2D eigenvalue weighted by atomic mass is 35.5. The van der Waals surface area contributed by atoms with Crippen LogP contribution in [0.2, 0.25) is 5.02 Å². The van der Waals surface area contributed by atoms with Crippen molar-refractivity contribution in [1.82, 2.24) is 5.32 Å². The summed E-state index contributed by atoms with van der Waals surface area (Å²) in [6, 6.07) is 8.82. The molecule has 0 unspecified atom stereocenters. The summed E-state index contributed by atoms with van der Waals surface area (Å²) in [5, 5.41) is 12.2. The minimum absolute atomic E-state index is 0.0167. The van der Waals surface area contributed by atoms with Crippen LogP contribution in [0.4, 0.5) is 4.39 Å². The number of halogens is 2. The maximum absolute atomic E-state index is 14.6. The van der Waals surface area contributed by atoms with Gasteiger partial charge < -0.3 is 15.2 Å². The average molecular weight is 408 g/mol. The van der Waals surface area contributed by atoms with Gasteiger partial charge in [0.2, 0.25) is 0 Å². The molecule has 28 heavy (non-hydrogen) atoms. The summed E-state index contributed by atoms with van der Waals surface area (Å²) in [6.07, 6.45) is 0.426. The van der Waals surface area contributed by atoms with E-state index in [1.807, 2.05) is 13.8 Å². The predicted molar refractivity (Wildman–Crippen MR) is 106 cm³/mol. The van der Waals surface area contributed by atoms with Gasteiger partial charge in [-0.25, -0.2) is 9.18 Å². The van der Waals surface area contributed by atoms with Crippen LogP contribution in [0.5, 0.6) is 5.75 Å². The molecule has 0 aliphatic heterocycles. The first-order valence-electron chi connectivity index (χ1n) is 9.06. The lowest BCUT2D eigenvalue weighted by Gasteiger charge is -2.17. The molecule has 7 heteroatoms. The number of carboxylic acids is 1. The minimum atomic E-state index is -1.12. The van der Waals surface area contributed by atoms with Crippen LogP contribution in [0.1, 0.15) is 44.0 Å². The first-order valence-corrected chi connectivity index (χ1v) is 9.44. The van der Waals surface area contributed by atoms with Crippen LogP contribution in [-0.4, -0.2) is 29.1 Å². The van der Waals surface area contributed by atoms with E-state index in [4.69, 9.17) is 21.4 Å². The van der Waals surface area contributed by atoms with E-state index < -0.39 is 23.8 Å². The fourth-order valence-electron chi connectivity index (χ4n) is 2.69. The number of hydrogen-bond acceptors (Lipinski definition) is 3. The molecule has 0 saturated carbocycles. The van der Waals surface area contributed by atoms with Crippen LogP contribution in [0.25, 0.3) is 11.1 Å². The number of hydrogen-bond donors (Lipinski definition) is 2. The molecule has 1 amide bonds. The van der Waals surface area contributed by atoms with Gasteiger partial charge in [0.05, 0.1) is 5.56 Å². The zero-order valence-electron chi connectivity index (χ0n) is 16.0. The van der Waals surface area contributed by atoms with Crippen molar-refractivity contribution in [3.05, 3.63) is 52.8 Å². The van der Waals surface area contributed by atoms with E-state index in [2.05, 4.69) is 5.32 Å². The van der Waals surface area contributed by atoms with Crippen molar-refractivity contribution >= 4 is 23.5 Å². The van der Waals surface area contributed by atoms with Crippen LogP contribution in [0.15, 0.2) is 36.4 Å². The van der Waals surface area contributed by atoms with Gasteiger partial charge >= 0.3 is 5.97 Å². The Kier molecular flexibility index (Phi) is 7.40. The molecule has 1 atom stereocenters. The van der Waals surface area contributed by atoms with Crippen LogP contribution in [0, 0.1) is 5.82 Å². The van der Waals surface area contributed by atoms with Crippen LogP contribution in [0.3, 0.4) is 0 Å². The van der Waals surface area contributed by atoms with Crippen LogP contribution in [-0.2, 0) is 4.79 Å². The summed E-state index contributed by atoms with van der Waals surface area (Å²) in [5.41, 5.74) is 0.803. The maximum Gasteiger partial charge on any atom is 0.344 e. The number of benzene rings is 2. The van der Waals surface area contributed by atoms with Gasteiger partial charge in [-0.05, 0) is 55.7 Å². The van der Waals surface area contributed by atoms with Crippen molar-refractivity contribution in [2.75, 3.05) is 0 Å². The average Bonchev–Trinajstić information content (AvgIpc) is 2.66. The van der Waals surface area contributed by atoms with Crippen LogP contribution < -0.4 is 10.1 Å². The predicted octanol–water partition coefficient (Wildman–Crippen LogP) is 4.92. The molecule has 2 N–H and O–H groups in total. The zero-order chi connectivity index (χ0) is 20.8. The maximum atomic E-state index is 14.6. The minimum Gasteiger partial charge on any atom is -0.479 e. The summed E-state index contributed by atoms with van der Waals surface area (Å²) in [5.74, 6) is -2.02. The number of carbonyl (C=O) groups excluding carboxylic acids is 1. The number of carboxylic acid groups (broad SMARTS) is 1. The molecule has 0 bridgehead atoms. The molecule has 2 aromatic carbocycles. The van der Waals surface area contributed by atoms with Gasteiger partial charge in [0.15, 0.2) is 6.10 Å². The SMILES string of the molecule is CCC(CC)NC(=O)c1ccc(-c2cc(Cl)ccc2O[C@@H](C)C(=O)O)cc1F. The van der Waals surface area contributed by atoms with E-state index >= 15 is 0 Å². The lowest BCUT2D eigenvalue weighted by atomic mass is 10.0. The highest BCUT2D eigenvalue weighted by molar-refractivity contribution is 6.31. The number of nitrogens with one attached hydrogen (secondary N) is 1. The van der Waals surface area contributed by atoms with Crippen molar-refractivity contribution in [3.8, 4) is 16.9 Å². The van der Waals surface area contributed by atoms with E-state index in [0.717, 1.165) is 12.8 Å². The Morgan fingerprint density at radius 1 is 1.18 bits per heavy atom. The second-order valence-corrected chi connectivity index (χ2v) is 6.86. The molecule has 0 aliphatic carbocycles. The van der Waals surface area contributed by atoms with E-state index in [0.29, 0.717) is 16.1 Å². The normalized spacial score (nSPS) is 11.9. The summed E-state index contributed by atoms with van der Waals surface area (Å²) in [4.78, 5) is 23.4. The van der Waals surface area contributed by atoms with Crippen LogP contribution >= 0.6 is 11.6 Å². The second-order valence-electron chi connectivity index (χ2n) is 6.42. The number of carbonyl (C=O) groups is 2. The van der Waals surface area contributed by atoms with Crippen molar-refractivity contribution in [2.45, 2.75) is 45.8 Å². The first-order chi connectivity index (χ1) is 13.3. The van der Waals surface area contributed by atoms with Gasteiger partial charge in [-0.3, -0.25) is 4.79 Å². The number of amides is 1. The molecule has 2 aromatic rings.